The van der Waals surface area contributed by atoms with Crippen LogP contribution in [-0.2, 0) is 10.0 Å². The third-order valence-corrected chi connectivity index (χ3v) is 8.22. The number of nitrogens with one attached hydrogen (secondary N) is 1. The zero-order valence-corrected chi connectivity index (χ0v) is 25.6. The van der Waals surface area contributed by atoms with Crippen LogP contribution >= 0.6 is 84.9 Å². The highest BCUT2D eigenvalue weighted by Gasteiger charge is 2.31. The molecular weight excluding hydrogens is 733 g/mol. The molecule has 1 unspecified atom stereocenters. The third-order valence-electron chi connectivity index (χ3n) is 4.93. The SMILES string of the molecule is CI.O=S(=O)(NCC1=NN(c2ccc(Cl)cc2Cl)C(c2ccc(Cl)cc2)C1)c1cnc(Cl)c(Br)c1. The van der Waals surface area contributed by atoms with E-state index in [4.69, 9.17) is 46.4 Å². The highest BCUT2D eigenvalue weighted by molar-refractivity contribution is 14.1. The predicted molar refractivity (Wildman–Crippen MR) is 157 cm³/mol. The van der Waals surface area contributed by atoms with Gasteiger partial charge in [-0.15, -0.1) is 0 Å². The summed E-state index contributed by atoms with van der Waals surface area (Å²) < 4.78 is 28.5. The Kier molecular flexibility index (Phi) is 10.5. The zero-order valence-electron chi connectivity index (χ0n) is 18.0. The number of halogens is 6. The lowest BCUT2D eigenvalue weighted by molar-refractivity contribution is 0.585. The van der Waals surface area contributed by atoms with Gasteiger partial charge in [0.15, 0.2) is 0 Å². The Labute approximate surface area is 246 Å². The summed E-state index contributed by atoms with van der Waals surface area (Å²) in [5.74, 6) is 0. The number of hydrogen-bond donors (Lipinski definition) is 1. The lowest BCUT2D eigenvalue weighted by atomic mass is 10.0. The molecular formula is C22H18BrCl4IN4O2S. The van der Waals surface area contributed by atoms with Gasteiger partial charge >= 0.3 is 0 Å². The van der Waals surface area contributed by atoms with Gasteiger partial charge < -0.3 is 0 Å². The molecule has 0 saturated carbocycles. The third kappa shape index (κ3) is 7.22. The molecule has 1 aliphatic rings. The first-order valence-electron chi connectivity index (χ1n) is 9.88. The molecule has 0 spiro atoms. The van der Waals surface area contributed by atoms with Crippen LogP contribution in [0.2, 0.25) is 20.2 Å². The summed E-state index contributed by atoms with van der Waals surface area (Å²) in [4.78, 5) is 5.84. The Morgan fingerprint density at radius 2 is 1.71 bits per heavy atom. The van der Waals surface area contributed by atoms with E-state index in [0.29, 0.717) is 37.4 Å². The number of sulfonamides is 1. The van der Waals surface area contributed by atoms with Crippen molar-refractivity contribution in [2.45, 2.75) is 17.4 Å². The van der Waals surface area contributed by atoms with Crippen LogP contribution in [0.5, 0.6) is 0 Å². The fourth-order valence-corrected chi connectivity index (χ4v) is 5.54. The van der Waals surface area contributed by atoms with Gasteiger partial charge in [0.05, 0.1) is 33.5 Å². The van der Waals surface area contributed by atoms with Crippen LogP contribution in [0, 0.1) is 0 Å². The van der Waals surface area contributed by atoms with Crippen molar-refractivity contribution in [3.05, 3.63) is 85.0 Å². The number of aromatic nitrogens is 1. The molecule has 0 radical (unpaired) electrons. The van der Waals surface area contributed by atoms with Crippen LogP contribution in [0.1, 0.15) is 18.0 Å². The second-order valence-electron chi connectivity index (χ2n) is 7.15. The smallest absolute Gasteiger partial charge is 0.242 e. The van der Waals surface area contributed by atoms with Crippen molar-refractivity contribution in [2.24, 2.45) is 5.10 Å². The zero-order chi connectivity index (χ0) is 25.8. The van der Waals surface area contributed by atoms with Gasteiger partial charge in [0.1, 0.15) is 10.0 Å². The fourth-order valence-electron chi connectivity index (χ4n) is 3.33. The normalized spacial score (nSPS) is 15.5. The topological polar surface area (TPSA) is 74.7 Å². The van der Waals surface area contributed by atoms with Crippen molar-refractivity contribution in [1.29, 1.82) is 0 Å². The van der Waals surface area contributed by atoms with E-state index in [2.05, 4.69) is 53.3 Å². The molecule has 0 amide bonds. The molecule has 2 aromatic carbocycles. The van der Waals surface area contributed by atoms with Crippen LogP contribution in [0.3, 0.4) is 0 Å². The maximum atomic E-state index is 12.8. The van der Waals surface area contributed by atoms with Crippen LogP contribution in [-0.4, -0.2) is 30.6 Å². The van der Waals surface area contributed by atoms with Crippen LogP contribution < -0.4 is 9.73 Å². The van der Waals surface area contributed by atoms with Gasteiger partial charge in [0.25, 0.3) is 0 Å². The summed E-state index contributed by atoms with van der Waals surface area (Å²) in [5.41, 5.74) is 2.24. The number of benzene rings is 2. The number of pyridine rings is 1. The molecule has 35 heavy (non-hydrogen) atoms. The minimum Gasteiger partial charge on any atom is -0.256 e. The van der Waals surface area contributed by atoms with Gasteiger partial charge in [-0.05, 0) is 62.8 Å². The number of anilines is 1. The Morgan fingerprint density at radius 1 is 1.06 bits per heavy atom. The number of hydrogen-bond acceptors (Lipinski definition) is 5. The monoisotopic (exact) mass is 748 g/mol. The van der Waals surface area contributed by atoms with Gasteiger partial charge in [-0.2, -0.15) is 5.10 Å². The van der Waals surface area contributed by atoms with Crippen LogP contribution in [0.25, 0.3) is 0 Å². The van der Waals surface area contributed by atoms with Gasteiger partial charge in [0, 0.05) is 22.7 Å². The molecule has 0 bridgehead atoms. The van der Waals surface area contributed by atoms with E-state index in [-0.39, 0.29) is 22.6 Å². The van der Waals surface area contributed by atoms with Crippen molar-refractivity contribution in [1.82, 2.24) is 9.71 Å². The van der Waals surface area contributed by atoms with E-state index in [1.54, 1.807) is 35.3 Å². The second-order valence-corrected chi connectivity index (χ2v) is 11.4. The largest absolute Gasteiger partial charge is 0.256 e. The first-order chi connectivity index (χ1) is 16.6. The molecule has 186 valence electrons. The van der Waals surface area contributed by atoms with Crippen molar-refractivity contribution in [2.75, 3.05) is 16.5 Å². The fraction of sp³-hybridized carbons (Fsp3) is 0.182. The van der Waals surface area contributed by atoms with E-state index >= 15 is 0 Å². The predicted octanol–water partition coefficient (Wildman–Crippen LogP) is 7.79. The van der Waals surface area contributed by atoms with Gasteiger partial charge in [-0.3, -0.25) is 5.01 Å². The molecule has 1 N–H and O–H groups in total. The Morgan fingerprint density at radius 3 is 2.34 bits per heavy atom. The first kappa shape index (κ1) is 28.9. The lowest BCUT2D eigenvalue weighted by Crippen LogP contribution is -2.29. The van der Waals surface area contributed by atoms with Crippen LogP contribution in [0.4, 0.5) is 5.69 Å². The number of nitrogens with zero attached hydrogens (tertiary/aromatic N) is 3. The molecule has 4 rings (SSSR count). The van der Waals surface area contributed by atoms with E-state index < -0.39 is 10.0 Å². The molecule has 1 aliphatic heterocycles. The quantitative estimate of drug-likeness (QED) is 0.159. The summed E-state index contributed by atoms with van der Waals surface area (Å²) in [6.45, 7) is 0.00831. The molecule has 1 atom stereocenters. The van der Waals surface area contributed by atoms with E-state index in [9.17, 15) is 8.42 Å². The van der Waals surface area contributed by atoms with E-state index in [0.717, 1.165) is 5.56 Å². The van der Waals surface area contributed by atoms with Gasteiger partial charge in [0.2, 0.25) is 10.0 Å². The van der Waals surface area contributed by atoms with Gasteiger partial charge in [-0.1, -0.05) is 81.1 Å². The standard InChI is InChI=1S/C21H15BrCl4N4O2S.CH3I/c22-17-9-16(11-27-21(17)26)33(31,32)28-10-15-8-20(12-1-3-13(23)4-2-12)30(29-15)19-6-5-14(24)7-18(19)25;1-2/h1-7,9,11,20,28H,8,10H2;1H3. The Hall–Kier alpha value is -0.660. The van der Waals surface area contributed by atoms with Crippen molar-refractivity contribution >= 4 is 106 Å². The van der Waals surface area contributed by atoms with Crippen molar-refractivity contribution < 1.29 is 8.42 Å². The summed E-state index contributed by atoms with van der Waals surface area (Å²) >= 11 is 29.8. The highest BCUT2D eigenvalue weighted by Crippen LogP contribution is 2.39. The molecule has 3 aromatic rings. The maximum Gasteiger partial charge on any atom is 0.242 e. The maximum absolute atomic E-state index is 12.8. The molecule has 0 aliphatic carbocycles. The number of hydrazone groups is 1. The second kappa shape index (κ2) is 12.7. The summed E-state index contributed by atoms with van der Waals surface area (Å²) in [5, 5.41) is 8.17. The average Bonchev–Trinajstić information content (AvgIpc) is 3.25. The number of alkyl halides is 1. The highest BCUT2D eigenvalue weighted by atomic mass is 127. The molecule has 0 saturated heterocycles. The average molecular weight is 751 g/mol. The molecule has 0 fully saturated rings. The minimum absolute atomic E-state index is 0.00831. The summed E-state index contributed by atoms with van der Waals surface area (Å²) in [7, 11) is -3.83. The summed E-state index contributed by atoms with van der Waals surface area (Å²) in [6, 6.07) is 13.7. The van der Waals surface area contributed by atoms with Crippen molar-refractivity contribution in [3.63, 3.8) is 0 Å². The van der Waals surface area contributed by atoms with Crippen molar-refractivity contribution in [3.8, 4) is 0 Å². The first-order valence-corrected chi connectivity index (χ1v) is 15.8. The lowest BCUT2D eigenvalue weighted by Gasteiger charge is -2.25. The minimum atomic E-state index is -3.83. The van der Waals surface area contributed by atoms with E-state index in [1.165, 1.54) is 12.3 Å². The molecule has 6 nitrogen and oxygen atoms in total. The molecule has 1 aromatic heterocycles. The number of rotatable bonds is 6. The Balaban J connectivity index is 0.00000167. The molecule has 2 heterocycles. The van der Waals surface area contributed by atoms with Crippen LogP contribution in [0.15, 0.2) is 69.2 Å². The van der Waals surface area contributed by atoms with Gasteiger partial charge in [-0.25, -0.2) is 18.1 Å². The Bertz CT molecular complexity index is 1340. The molecule has 13 heteroatoms. The van der Waals surface area contributed by atoms with E-state index in [1.807, 2.05) is 17.1 Å². The summed E-state index contributed by atoms with van der Waals surface area (Å²) in [6.07, 6.45) is 1.67.